The molecule has 1 amide bonds. The van der Waals surface area contributed by atoms with Gasteiger partial charge in [-0.2, -0.15) is 0 Å². The van der Waals surface area contributed by atoms with Gasteiger partial charge in [0.15, 0.2) is 5.96 Å². The van der Waals surface area contributed by atoms with Crippen LogP contribution in [0.5, 0.6) is 0 Å². The highest BCUT2D eigenvalue weighted by molar-refractivity contribution is 5.94. The maximum Gasteiger partial charge on any atom is 0.251 e. The number of ether oxygens (including phenoxy) is 2. The van der Waals surface area contributed by atoms with Crippen molar-refractivity contribution in [3.63, 3.8) is 0 Å². The third-order valence-electron chi connectivity index (χ3n) is 5.19. The van der Waals surface area contributed by atoms with E-state index in [9.17, 15) is 4.79 Å². The van der Waals surface area contributed by atoms with Crippen LogP contribution in [0.4, 0.5) is 0 Å². The Kier molecular flexibility index (Phi) is 7.68. The van der Waals surface area contributed by atoms with Crippen molar-refractivity contribution in [1.29, 1.82) is 0 Å². The lowest BCUT2D eigenvalue weighted by Crippen LogP contribution is -2.53. The van der Waals surface area contributed by atoms with E-state index in [2.05, 4.69) is 22.5 Å². The Hall–Kier alpha value is -2.12. The molecule has 0 saturated carbocycles. The Bertz CT molecular complexity index is 673. The van der Waals surface area contributed by atoms with Crippen molar-refractivity contribution in [2.75, 3.05) is 46.4 Å². The number of nitrogens with zero attached hydrogens (tertiary/aromatic N) is 2. The summed E-state index contributed by atoms with van der Waals surface area (Å²) in [4.78, 5) is 18.9. The molecule has 2 aliphatic heterocycles. The minimum atomic E-state index is -0.0628. The molecule has 2 unspecified atom stereocenters. The van der Waals surface area contributed by atoms with Gasteiger partial charge < -0.3 is 25.0 Å². The Morgan fingerprint density at radius 3 is 2.89 bits per heavy atom. The standard InChI is InChI=1S/C21H32N4O3/c1-3-23-21(25-11-13-28-19(15-25)18-8-5-12-27-18)24-10-9-16-6-4-7-17(14-16)20(26)22-2/h4,6-7,14,18-19H,3,5,8-13,15H2,1-2H3,(H,22,26)(H,23,24). The zero-order valence-electron chi connectivity index (χ0n) is 16.9. The number of rotatable bonds is 6. The Morgan fingerprint density at radius 2 is 2.14 bits per heavy atom. The molecule has 154 valence electrons. The van der Waals surface area contributed by atoms with Crippen molar-refractivity contribution in [2.24, 2.45) is 4.99 Å². The van der Waals surface area contributed by atoms with Crippen LogP contribution in [-0.4, -0.2) is 75.4 Å². The number of carbonyl (C=O) groups excluding carboxylic acids is 1. The van der Waals surface area contributed by atoms with E-state index in [1.807, 2.05) is 24.3 Å². The third kappa shape index (κ3) is 5.45. The summed E-state index contributed by atoms with van der Waals surface area (Å²) < 4.78 is 11.8. The summed E-state index contributed by atoms with van der Waals surface area (Å²) in [7, 11) is 1.65. The minimum absolute atomic E-state index is 0.0628. The van der Waals surface area contributed by atoms with Crippen LogP contribution in [0.1, 0.15) is 35.7 Å². The van der Waals surface area contributed by atoms with Crippen LogP contribution in [0.15, 0.2) is 29.3 Å². The fourth-order valence-corrected chi connectivity index (χ4v) is 3.72. The SMILES string of the molecule is CCNC(=NCCc1cccc(C(=O)NC)c1)N1CCOC(C2CCCO2)C1. The van der Waals surface area contributed by atoms with Gasteiger partial charge in [0.1, 0.15) is 6.10 Å². The predicted molar refractivity (Wildman–Crippen MR) is 110 cm³/mol. The summed E-state index contributed by atoms with van der Waals surface area (Å²) in [6.07, 6.45) is 3.31. The van der Waals surface area contributed by atoms with Crippen molar-refractivity contribution in [3.05, 3.63) is 35.4 Å². The van der Waals surface area contributed by atoms with E-state index in [-0.39, 0.29) is 18.1 Å². The highest BCUT2D eigenvalue weighted by Gasteiger charge is 2.32. The first-order valence-corrected chi connectivity index (χ1v) is 10.3. The predicted octanol–water partition coefficient (Wildman–Crippen LogP) is 1.43. The third-order valence-corrected chi connectivity index (χ3v) is 5.19. The molecule has 2 N–H and O–H groups in total. The lowest BCUT2D eigenvalue weighted by Gasteiger charge is -2.37. The highest BCUT2D eigenvalue weighted by atomic mass is 16.5. The number of amides is 1. The molecule has 2 heterocycles. The fourth-order valence-electron chi connectivity index (χ4n) is 3.72. The van der Waals surface area contributed by atoms with E-state index < -0.39 is 0 Å². The summed E-state index contributed by atoms with van der Waals surface area (Å²) >= 11 is 0. The highest BCUT2D eigenvalue weighted by Crippen LogP contribution is 2.21. The van der Waals surface area contributed by atoms with Crippen LogP contribution < -0.4 is 10.6 Å². The molecule has 0 aromatic heterocycles. The van der Waals surface area contributed by atoms with Crippen molar-refractivity contribution >= 4 is 11.9 Å². The first kappa shape index (κ1) is 20.6. The summed E-state index contributed by atoms with van der Waals surface area (Å²) in [6, 6.07) is 7.72. The molecule has 0 aliphatic carbocycles. The van der Waals surface area contributed by atoms with Gasteiger partial charge in [0, 0.05) is 45.4 Å². The van der Waals surface area contributed by atoms with Gasteiger partial charge in [-0.1, -0.05) is 12.1 Å². The van der Waals surface area contributed by atoms with E-state index >= 15 is 0 Å². The number of hydrogen-bond acceptors (Lipinski definition) is 4. The number of carbonyl (C=O) groups is 1. The summed E-state index contributed by atoms with van der Waals surface area (Å²) in [5.74, 6) is 0.864. The van der Waals surface area contributed by atoms with Gasteiger partial charge in [0.25, 0.3) is 5.91 Å². The van der Waals surface area contributed by atoms with Crippen LogP contribution in [-0.2, 0) is 15.9 Å². The molecule has 28 heavy (non-hydrogen) atoms. The number of nitrogens with one attached hydrogen (secondary N) is 2. The number of benzene rings is 1. The van der Waals surface area contributed by atoms with Gasteiger partial charge in [0.2, 0.25) is 0 Å². The normalized spacial score (nSPS) is 22.9. The first-order valence-electron chi connectivity index (χ1n) is 10.3. The molecule has 2 saturated heterocycles. The molecule has 0 radical (unpaired) electrons. The molecule has 1 aromatic carbocycles. The summed E-state index contributed by atoms with van der Waals surface area (Å²) in [5.41, 5.74) is 1.79. The molecular formula is C21H32N4O3. The lowest BCUT2D eigenvalue weighted by molar-refractivity contribution is -0.0817. The van der Waals surface area contributed by atoms with E-state index in [0.29, 0.717) is 18.7 Å². The second kappa shape index (κ2) is 10.4. The molecule has 0 spiro atoms. The van der Waals surface area contributed by atoms with Crippen LogP contribution in [0, 0.1) is 0 Å². The fraction of sp³-hybridized carbons (Fsp3) is 0.619. The first-order chi connectivity index (χ1) is 13.7. The smallest absolute Gasteiger partial charge is 0.251 e. The number of guanidine groups is 1. The van der Waals surface area contributed by atoms with Crippen molar-refractivity contribution < 1.29 is 14.3 Å². The van der Waals surface area contributed by atoms with Crippen LogP contribution in [0.2, 0.25) is 0 Å². The molecule has 7 heteroatoms. The van der Waals surface area contributed by atoms with Gasteiger partial charge >= 0.3 is 0 Å². The Labute approximate surface area is 167 Å². The van der Waals surface area contributed by atoms with Crippen LogP contribution >= 0.6 is 0 Å². The van der Waals surface area contributed by atoms with Crippen molar-refractivity contribution in [2.45, 2.75) is 38.4 Å². The maximum absolute atomic E-state index is 11.8. The van der Waals surface area contributed by atoms with Crippen LogP contribution in [0.25, 0.3) is 0 Å². The van der Waals surface area contributed by atoms with Crippen molar-refractivity contribution in [3.8, 4) is 0 Å². The average Bonchev–Trinajstić information content (AvgIpc) is 3.28. The van der Waals surface area contributed by atoms with E-state index in [1.165, 1.54) is 0 Å². The molecule has 7 nitrogen and oxygen atoms in total. The Balaban J connectivity index is 1.60. The monoisotopic (exact) mass is 388 g/mol. The van der Waals surface area contributed by atoms with Gasteiger partial charge in [0.05, 0.1) is 12.7 Å². The molecule has 1 aromatic rings. The van der Waals surface area contributed by atoms with E-state index in [1.54, 1.807) is 7.05 Å². The van der Waals surface area contributed by atoms with Gasteiger partial charge in [-0.25, -0.2) is 0 Å². The quantitative estimate of drug-likeness (QED) is 0.570. The maximum atomic E-state index is 11.8. The van der Waals surface area contributed by atoms with Crippen LogP contribution in [0.3, 0.4) is 0 Å². The second-order valence-electron chi connectivity index (χ2n) is 7.17. The summed E-state index contributed by atoms with van der Waals surface area (Å²) in [6.45, 7) is 6.76. The topological polar surface area (TPSA) is 75.2 Å². The summed E-state index contributed by atoms with van der Waals surface area (Å²) in [5, 5.41) is 6.07. The molecule has 0 bridgehead atoms. The minimum Gasteiger partial charge on any atom is -0.375 e. The van der Waals surface area contributed by atoms with Gasteiger partial charge in [-0.3, -0.25) is 9.79 Å². The lowest BCUT2D eigenvalue weighted by atomic mass is 10.1. The van der Waals surface area contributed by atoms with E-state index in [4.69, 9.17) is 14.5 Å². The van der Waals surface area contributed by atoms with Gasteiger partial charge in [-0.15, -0.1) is 0 Å². The number of morpholine rings is 1. The largest absolute Gasteiger partial charge is 0.375 e. The second-order valence-corrected chi connectivity index (χ2v) is 7.17. The van der Waals surface area contributed by atoms with Gasteiger partial charge in [-0.05, 0) is 43.9 Å². The molecule has 2 atom stereocenters. The molecule has 3 rings (SSSR count). The average molecular weight is 389 g/mol. The molecular weight excluding hydrogens is 356 g/mol. The molecule has 2 aliphatic rings. The van der Waals surface area contributed by atoms with E-state index in [0.717, 1.165) is 57.0 Å². The Morgan fingerprint density at radius 1 is 1.29 bits per heavy atom. The molecule has 2 fully saturated rings. The number of hydrogen-bond donors (Lipinski definition) is 2. The zero-order chi connectivity index (χ0) is 19.8. The van der Waals surface area contributed by atoms with Crippen molar-refractivity contribution in [1.82, 2.24) is 15.5 Å². The zero-order valence-corrected chi connectivity index (χ0v) is 16.9. The number of aliphatic imine (C=N–C) groups is 1.